The van der Waals surface area contributed by atoms with Crippen LogP contribution in [0.1, 0.15) is 12.8 Å². The Kier molecular flexibility index (Phi) is 5.52. The molecular formula is C18H17F3N2O3S. The van der Waals surface area contributed by atoms with Gasteiger partial charge in [-0.1, -0.05) is 18.2 Å². The van der Waals surface area contributed by atoms with Gasteiger partial charge in [-0.2, -0.15) is 4.31 Å². The molecule has 1 aliphatic rings. The molecule has 1 unspecified atom stereocenters. The summed E-state index contributed by atoms with van der Waals surface area (Å²) in [5.74, 6) is -5.90. The topological polar surface area (TPSA) is 66.5 Å². The van der Waals surface area contributed by atoms with Crippen LogP contribution >= 0.6 is 0 Å². The molecule has 144 valence electrons. The van der Waals surface area contributed by atoms with E-state index in [2.05, 4.69) is 5.32 Å². The summed E-state index contributed by atoms with van der Waals surface area (Å²) in [5, 5.41) is 2.22. The maximum absolute atomic E-state index is 13.7. The van der Waals surface area contributed by atoms with E-state index >= 15 is 0 Å². The molecule has 2 aromatic rings. The van der Waals surface area contributed by atoms with Crippen LogP contribution in [0.3, 0.4) is 0 Å². The fourth-order valence-corrected chi connectivity index (χ4v) is 4.52. The number of sulfonamides is 1. The molecule has 2 aromatic carbocycles. The van der Waals surface area contributed by atoms with Gasteiger partial charge in [-0.15, -0.1) is 0 Å². The number of anilines is 1. The Morgan fingerprint density at radius 3 is 2.44 bits per heavy atom. The first kappa shape index (κ1) is 19.4. The second-order valence-corrected chi connectivity index (χ2v) is 8.17. The summed E-state index contributed by atoms with van der Waals surface area (Å²) in [5.41, 5.74) is -0.484. The van der Waals surface area contributed by atoms with Crippen molar-refractivity contribution in [2.45, 2.75) is 17.7 Å². The smallest absolute Gasteiger partial charge is 0.243 e. The van der Waals surface area contributed by atoms with Crippen LogP contribution in [0.4, 0.5) is 18.9 Å². The minimum atomic E-state index is -3.75. The number of hydrogen-bond donors (Lipinski definition) is 1. The number of halogens is 3. The Balaban J connectivity index is 1.75. The average molecular weight is 398 g/mol. The van der Waals surface area contributed by atoms with E-state index in [1.165, 1.54) is 16.4 Å². The van der Waals surface area contributed by atoms with Crippen molar-refractivity contribution in [3.05, 3.63) is 59.9 Å². The van der Waals surface area contributed by atoms with Crippen LogP contribution in [0.15, 0.2) is 47.4 Å². The van der Waals surface area contributed by atoms with Gasteiger partial charge in [0.05, 0.1) is 16.5 Å². The van der Waals surface area contributed by atoms with E-state index in [1.807, 2.05) is 0 Å². The molecule has 1 heterocycles. The first-order valence-electron chi connectivity index (χ1n) is 8.30. The number of amides is 1. The van der Waals surface area contributed by atoms with Gasteiger partial charge in [0, 0.05) is 13.1 Å². The number of hydrogen-bond acceptors (Lipinski definition) is 3. The quantitative estimate of drug-likeness (QED) is 0.805. The van der Waals surface area contributed by atoms with Crippen LogP contribution in [0.5, 0.6) is 0 Å². The molecule has 0 aliphatic carbocycles. The van der Waals surface area contributed by atoms with E-state index < -0.39 is 45.0 Å². The molecule has 1 saturated heterocycles. The van der Waals surface area contributed by atoms with Crippen molar-refractivity contribution in [3.63, 3.8) is 0 Å². The molecule has 9 heteroatoms. The van der Waals surface area contributed by atoms with Gasteiger partial charge in [0.25, 0.3) is 0 Å². The van der Waals surface area contributed by atoms with Gasteiger partial charge in [0.2, 0.25) is 15.9 Å². The normalized spacial score (nSPS) is 18.3. The number of rotatable bonds is 4. The maximum atomic E-state index is 13.7. The summed E-state index contributed by atoms with van der Waals surface area (Å²) in [6.45, 7) is 0.189. The zero-order chi connectivity index (χ0) is 19.6. The standard InChI is InChI=1S/C18H17F3N2O3S/c19-14-8-9-15(17(21)16(14)20)22-18(24)12-5-4-10-23(11-12)27(25,26)13-6-2-1-3-7-13/h1-3,6-9,12H,4-5,10-11H2,(H,22,24). The number of benzene rings is 2. The third-order valence-electron chi connectivity index (χ3n) is 4.43. The van der Waals surface area contributed by atoms with Gasteiger partial charge in [-0.25, -0.2) is 21.6 Å². The highest BCUT2D eigenvalue weighted by Gasteiger charge is 2.33. The van der Waals surface area contributed by atoms with Gasteiger partial charge < -0.3 is 5.32 Å². The van der Waals surface area contributed by atoms with Gasteiger partial charge in [-0.05, 0) is 37.1 Å². The van der Waals surface area contributed by atoms with E-state index in [9.17, 15) is 26.4 Å². The highest BCUT2D eigenvalue weighted by Crippen LogP contribution is 2.26. The molecule has 0 spiro atoms. The minimum absolute atomic E-state index is 0.0750. The van der Waals surface area contributed by atoms with Crippen LogP contribution in [0.2, 0.25) is 0 Å². The van der Waals surface area contributed by atoms with Gasteiger partial charge in [0.1, 0.15) is 0 Å². The van der Waals surface area contributed by atoms with Crippen molar-refractivity contribution >= 4 is 21.6 Å². The zero-order valence-corrected chi connectivity index (χ0v) is 15.0. The van der Waals surface area contributed by atoms with E-state index in [0.717, 1.165) is 6.07 Å². The lowest BCUT2D eigenvalue weighted by atomic mass is 9.98. The van der Waals surface area contributed by atoms with E-state index in [0.29, 0.717) is 18.9 Å². The van der Waals surface area contributed by atoms with Crippen LogP contribution in [0, 0.1) is 23.4 Å². The largest absolute Gasteiger partial charge is 0.323 e. The van der Waals surface area contributed by atoms with Crippen molar-refractivity contribution < 1.29 is 26.4 Å². The van der Waals surface area contributed by atoms with Crippen molar-refractivity contribution in [1.29, 1.82) is 0 Å². The Morgan fingerprint density at radius 2 is 1.74 bits per heavy atom. The lowest BCUT2D eigenvalue weighted by Gasteiger charge is -2.31. The summed E-state index contributed by atoms with van der Waals surface area (Å²) in [6.07, 6.45) is 0.850. The third-order valence-corrected chi connectivity index (χ3v) is 6.31. The molecule has 27 heavy (non-hydrogen) atoms. The van der Waals surface area contributed by atoms with Gasteiger partial charge in [0.15, 0.2) is 17.5 Å². The highest BCUT2D eigenvalue weighted by molar-refractivity contribution is 7.89. The summed E-state index contributed by atoms with van der Waals surface area (Å²) < 4.78 is 66.6. The Morgan fingerprint density at radius 1 is 1.04 bits per heavy atom. The Labute approximate surface area is 154 Å². The molecule has 0 bridgehead atoms. The Hall–Kier alpha value is -2.39. The van der Waals surface area contributed by atoms with E-state index in [-0.39, 0.29) is 18.0 Å². The van der Waals surface area contributed by atoms with E-state index in [1.54, 1.807) is 18.2 Å². The SMILES string of the molecule is O=C(Nc1ccc(F)c(F)c1F)C1CCCN(S(=O)(=O)c2ccccc2)C1. The second-order valence-electron chi connectivity index (χ2n) is 6.23. The number of carbonyl (C=O) groups excluding carboxylic acids is 1. The minimum Gasteiger partial charge on any atom is -0.323 e. The first-order chi connectivity index (χ1) is 12.8. The predicted molar refractivity (Wildman–Crippen MR) is 92.9 cm³/mol. The second kappa shape index (κ2) is 7.69. The van der Waals surface area contributed by atoms with Crippen molar-refractivity contribution in [1.82, 2.24) is 4.31 Å². The fourth-order valence-electron chi connectivity index (χ4n) is 2.97. The highest BCUT2D eigenvalue weighted by atomic mass is 32.2. The number of nitrogens with one attached hydrogen (secondary N) is 1. The molecule has 1 N–H and O–H groups in total. The summed E-state index contributed by atoms with van der Waals surface area (Å²) >= 11 is 0. The lowest BCUT2D eigenvalue weighted by Crippen LogP contribution is -2.43. The molecule has 0 aromatic heterocycles. The predicted octanol–water partition coefficient (Wildman–Crippen LogP) is 3.14. The van der Waals surface area contributed by atoms with Crippen molar-refractivity contribution in [3.8, 4) is 0 Å². The molecular weight excluding hydrogens is 381 g/mol. The average Bonchev–Trinajstić information content (AvgIpc) is 2.69. The number of carbonyl (C=O) groups is 1. The molecule has 0 saturated carbocycles. The maximum Gasteiger partial charge on any atom is 0.243 e. The molecule has 1 aliphatic heterocycles. The fraction of sp³-hybridized carbons (Fsp3) is 0.278. The molecule has 5 nitrogen and oxygen atoms in total. The number of piperidine rings is 1. The van der Waals surface area contributed by atoms with Crippen molar-refractivity contribution in [2.24, 2.45) is 5.92 Å². The van der Waals surface area contributed by atoms with Gasteiger partial charge >= 0.3 is 0 Å². The lowest BCUT2D eigenvalue weighted by molar-refractivity contribution is -0.120. The molecule has 0 radical (unpaired) electrons. The molecule has 1 amide bonds. The van der Waals surface area contributed by atoms with Crippen LogP contribution in [-0.2, 0) is 14.8 Å². The van der Waals surface area contributed by atoms with Gasteiger partial charge in [-0.3, -0.25) is 4.79 Å². The van der Waals surface area contributed by atoms with Crippen LogP contribution in [-0.4, -0.2) is 31.7 Å². The van der Waals surface area contributed by atoms with Crippen LogP contribution < -0.4 is 5.32 Å². The third kappa shape index (κ3) is 3.98. The van der Waals surface area contributed by atoms with Crippen molar-refractivity contribution in [2.75, 3.05) is 18.4 Å². The molecule has 1 atom stereocenters. The molecule has 3 rings (SSSR count). The number of nitrogens with zero attached hydrogens (tertiary/aromatic N) is 1. The molecule has 1 fully saturated rings. The summed E-state index contributed by atoms with van der Waals surface area (Å²) in [7, 11) is -3.75. The Bertz CT molecular complexity index is 952. The summed E-state index contributed by atoms with van der Waals surface area (Å²) in [4.78, 5) is 12.5. The van der Waals surface area contributed by atoms with Crippen LogP contribution in [0.25, 0.3) is 0 Å². The zero-order valence-electron chi connectivity index (χ0n) is 14.2. The van der Waals surface area contributed by atoms with E-state index in [4.69, 9.17) is 0 Å². The summed E-state index contributed by atoms with van der Waals surface area (Å²) in [6, 6.07) is 9.47. The first-order valence-corrected chi connectivity index (χ1v) is 9.74. The monoisotopic (exact) mass is 398 g/mol.